The Morgan fingerprint density at radius 1 is 1.25 bits per heavy atom. The van der Waals surface area contributed by atoms with Crippen molar-refractivity contribution >= 4 is 21.9 Å². The number of rotatable bonds is 7. The van der Waals surface area contributed by atoms with Gasteiger partial charge in [-0.25, -0.2) is 18.4 Å². The van der Waals surface area contributed by atoms with Gasteiger partial charge >= 0.3 is 5.97 Å². The minimum atomic E-state index is -3.71. The standard InChI is InChI=1S/C16H22N2O5S/c1-11(2)10-15(19)23-12(3)16(20)18-9-8-13-4-6-14(7-5-13)24(17,21)22/h4-7,10,12H,8-9H2,1-3H3,(H,18,20)(H2,17,21,22). The molecule has 0 spiro atoms. The molecule has 24 heavy (non-hydrogen) atoms. The summed E-state index contributed by atoms with van der Waals surface area (Å²) in [6, 6.07) is 6.08. The van der Waals surface area contributed by atoms with Crippen LogP contribution in [0.3, 0.4) is 0 Å². The van der Waals surface area contributed by atoms with E-state index in [0.29, 0.717) is 13.0 Å². The summed E-state index contributed by atoms with van der Waals surface area (Å²) >= 11 is 0. The van der Waals surface area contributed by atoms with Gasteiger partial charge < -0.3 is 10.1 Å². The monoisotopic (exact) mass is 354 g/mol. The Labute approximate surface area is 141 Å². The van der Waals surface area contributed by atoms with E-state index in [9.17, 15) is 18.0 Å². The zero-order valence-electron chi connectivity index (χ0n) is 13.9. The predicted octanol–water partition coefficient (Wildman–Crippen LogP) is 0.891. The molecule has 0 saturated heterocycles. The molecule has 3 N–H and O–H groups in total. The largest absolute Gasteiger partial charge is 0.449 e. The average Bonchev–Trinajstić information content (AvgIpc) is 2.45. The van der Waals surface area contributed by atoms with E-state index in [1.54, 1.807) is 26.0 Å². The number of amides is 1. The lowest BCUT2D eigenvalue weighted by Gasteiger charge is -2.12. The van der Waals surface area contributed by atoms with E-state index >= 15 is 0 Å². The van der Waals surface area contributed by atoms with Crippen molar-refractivity contribution in [1.29, 1.82) is 0 Å². The highest BCUT2D eigenvalue weighted by atomic mass is 32.2. The number of ether oxygens (including phenoxy) is 1. The van der Waals surface area contributed by atoms with E-state index in [0.717, 1.165) is 11.1 Å². The Hall–Kier alpha value is -2.19. The Morgan fingerprint density at radius 3 is 2.33 bits per heavy atom. The van der Waals surface area contributed by atoms with Gasteiger partial charge in [0.15, 0.2) is 6.10 Å². The highest BCUT2D eigenvalue weighted by Crippen LogP contribution is 2.09. The number of carbonyl (C=O) groups excluding carboxylic acids is 2. The lowest BCUT2D eigenvalue weighted by Crippen LogP contribution is -2.36. The molecule has 0 aliphatic carbocycles. The minimum absolute atomic E-state index is 0.0371. The molecule has 0 aromatic heterocycles. The van der Waals surface area contributed by atoms with Crippen LogP contribution in [0.25, 0.3) is 0 Å². The minimum Gasteiger partial charge on any atom is -0.449 e. The molecule has 7 nitrogen and oxygen atoms in total. The number of benzene rings is 1. The van der Waals surface area contributed by atoms with Crippen molar-refractivity contribution < 1.29 is 22.7 Å². The lowest BCUT2D eigenvalue weighted by molar-refractivity contribution is -0.150. The second-order valence-corrected chi connectivity index (χ2v) is 7.09. The molecule has 1 atom stereocenters. The molecule has 1 rings (SSSR count). The van der Waals surface area contributed by atoms with Crippen molar-refractivity contribution in [3.63, 3.8) is 0 Å². The number of carbonyl (C=O) groups is 2. The third-order valence-electron chi connectivity index (χ3n) is 3.03. The Balaban J connectivity index is 2.45. The van der Waals surface area contributed by atoms with Crippen LogP contribution in [0.1, 0.15) is 26.3 Å². The number of nitrogens with two attached hydrogens (primary N) is 1. The molecule has 1 amide bonds. The van der Waals surface area contributed by atoms with Crippen molar-refractivity contribution in [3.8, 4) is 0 Å². The maximum atomic E-state index is 11.8. The highest BCUT2D eigenvalue weighted by Gasteiger charge is 2.16. The first-order chi connectivity index (χ1) is 11.1. The van der Waals surface area contributed by atoms with Gasteiger partial charge in [-0.05, 0) is 44.9 Å². The van der Waals surface area contributed by atoms with E-state index in [1.165, 1.54) is 25.1 Å². The fraction of sp³-hybridized carbons (Fsp3) is 0.375. The predicted molar refractivity (Wildman–Crippen MR) is 89.5 cm³/mol. The first-order valence-electron chi connectivity index (χ1n) is 7.34. The normalized spacial score (nSPS) is 12.2. The smallest absolute Gasteiger partial charge is 0.331 e. The Morgan fingerprint density at radius 2 is 1.83 bits per heavy atom. The number of nitrogens with one attached hydrogen (secondary N) is 1. The topological polar surface area (TPSA) is 116 Å². The zero-order valence-corrected chi connectivity index (χ0v) is 14.7. The number of hydrogen-bond acceptors (Lipinski definition) is 5. The number of hydrogen-bond donors (Lipinski definition) is 2. The molecule has 0 radical (unpaired) electrons. The van der Waals surface area contributed by atoms with Crippen LogP contribution in [-0.2, 0) is 30.8 Å². The van der Waals surface area contributed by atoms with Gasteiger partial charge in [-0.2, -0.15) is 0 Å². The van der Waals surface area contributed by atoms with Gasteiger partial charge in [-0.1, -0.05) is 17.7 Å². The third-order valence-corrected chi connectivity index (χ3v) is 3.96. The second-order valence-electron chi connectivity index (χ2n) is 5.53. The summed E-state index contributed by atoms with van der Waals surface area (Å²) in [4.78, 5) is 23.3. The van der Waals surface area contributed by atoms with Gasteiger partial charge in [0.1, 0.15) is 0 Å². The van der Waals surface area contributed by atoms with Crippen LogP contribution in [0.5, 0.6) is 0 Å². The molecule has 1 aromatic rings. The molecular formula is C16H22N2O5S. The van der Waals surface area contributed by atoms with Crippen molar-refractivity contribution in [1.82, 2.24) is 5.32 Å². The van der Waals surface area contributed by atoms with E-state index in [2.05, 4.69) is 5.32 Å². The number of esters is 1. The molecular weight excluding hydrogens is 332 g/mol. The maximum Gasteiger partial charge on any atom is 0.331 e. The number of primary sulfonamides is 1. The summed E-state index contributed by atoms with van der Waals surface area (Å²) in [5.74, 6) is -0.956. The molecule has 0 saturated carbocycles. The SMILES string of the molecule is CC(C)=CC(=O)OC(C)C(=O)NCCc1ccc(S(N)(=O)=O)cc1. The summed E-state index contributed by atoms with van der Waals surface area (Å²) in [5, 5.41) is 7.67. The van der Waals surface area contributed by atoms with Gasteiger partial charge in [-0.15, -0.1) is 0 Å². The molecule has 8 heteroatoms. The molecule has 0 aliphatic rings. The van der Waals surface area contributed by atoms with Gasteiger partial charge in [-0.3, -0.25) is 4.79 Å². The molecule has 132 valence electrons. The van der Waals surface area contributed by atoms with Gasteiger partial charge in [0, 0.05) is 12.6 Å². The van der Waals surface area contributed by atoms with E-state index in [4.69, 9.17) is 9.88 Å². The summed E-state index contributed by atoms with van der Waals surface area (Å²) in [6.45, 7) is 5.34. The molecule has 0 fully saturated rings. The van der Waals surface area contributed by atoms with Gasteiger partial charge in [0.05, 0.1) is 4.90 Å². The lowest BCUT2D eigenvalue weighted by atomic mass is 10.1. The molecule has 0 aliphatic heterocycles. The average molecular weight is 354 g/mol. The summed E-state index contributed by atoms with van der Waals surface area (Å²) in [7, 11) is -3.71. The van der Waals surface area contributed by atoms with Crippen LogP contribution < -0.4 is 10.5 Å². The van der Waals surface area contributed by atoms with Crippen LogP contribution in [0, 0.1) is 0 Å². The number of allylic oxidation sites excluding steroid dienone is 1. The first-order valence-corrected chi connectivity index (χ1v) is 8.89. The van der Waals surface area contributed by atoms with Crippen molar-refractivity contribution in [2.24, 2.45) is 5.14 Å². The summed E-state index contributed by atoms with van der Waals surface area (Å²) < 4.78 is 27.3. The maximum absolute atomic E-state index is 11.8. The van der Waals surface area contributed by atoms with E-state index in [1.807, 2.05) is 0 Å². The summed E-state index contributed by atoms with van der Waals surface area (Å²) in [6.07, 6.45) is 0.931. The van der Waals surface area contributed by atoms with E-state index in [-0.39, 0.29) is 4.90 Å². The molecule has 1 aromatic carbocycles. The van der Waals surface area contributed by atoms with Crippen molar-refractivity contribution in [2.75, 3.05) is 6.54 Å². The van der Waals surface area contributed by atoms with Gasteiger partial charge in [0.2, 0.25) is 10.0 Å². The fourth-order valence-electron chi connectivity index (χ4n) is 1.82. The number of sulfonamides is 1. The van der Waals surface area contributed by atoms with Crippen LogP contribution in [-0.4, -0.2) is 32.9 Å². The van der Waals surface area contributed by atoms with Crippen LogP contribution in [0.2, 0.25) is 0 Å². The quantitative estimate of drug-likeness (QED) is 0.557. The molecule has 1 unspecified atom stereocenters. The third kappa shape index (κ3) is 6.93. The van der Waals surface area contributed by atoms with Crippen LogP contribution in [0.4, 0.5) is 0 Å². The van der Waals surface area contributed by atoms with E-state index < -0.39 is 28.0 Å². The van der Waals surface area contributed by atoms with Crippen LogP contribution >= 0.6 is 0 Å². The fourth-order valence-corrected chi connectivity index (χ4v) is 2.33. The highest BCUT2D eigenvalue weighted by molar-refractivity contribution is 7.89. The summed E-state index contributed by atoms with van der Waals surface area (Å²) in [5.41, 5.74) is 1.63. The zero-order chi connectivity index (χ0) is 18.3. The van der Waals surface area contributed by atoms with Crippen molar-refractivity contribution in [2.45, 2.75) is 38.2 Å². The first kappa shape index (κ1) is 19.9. The van der Waals surface area contributed by atoms with Crippen LogP contribution in [0.15, 0.2) is 40.8 Å². The second kappa shape index (κ2) is 8.60. The Kier molecular flexibility index (Phi) is 7.12. The van der Waals surface area contributed by atoms with Gasteiger partial charge in [0.25, 0.3) is 5.91 Å². The molecule has 0 bridgehead atoms. The Bertz CT molecular complexity index is 719. The molecule has 0 heterocycles. The van der Waals surface area contributed by atoms with Crippen molar-refractivity contribution in [3.05, 3.63) is 41.5 Å².